The van der Waals surface area contributed by atoms with Gasteiger partial charge in [-0.25, -0.2) is 0 Å². The molecule has 0 amide bonds. The first kappa shape index (κ1) is 14.6. The van der Waals surface area contributed by atoms with E-state index in [1.54, 1.807) is 0 Å². The van der Waals surface area contributed by atoms with Gasteiger partial charge in [0.2, 0.25) is 0 Å². The molecule has 2 heteroatoms. The summed E-state index contributed by atoms with van der Waals surface area (Å²) in [6, 6.07) is 9.39. The Labute approximate surface area is 110 Å². The van der Waals surface area contributed by atoms with Crippen molar-refractivity contribution in [3.05, 3.63) is 29.8 Å². The second-order valence-corrected chi connectivity index (χ2v) is 5.72. The van der Waals surface area contributed by atoms with Crippen LogP contribution in [0, 0.1) is 0 Å². The molecule has 0 saturated heterocycles. The summed E-state index contributed by atoms with van der Waals surface area (Å²) in [5.41, 5.74) is 7.35. The second-order valence-electron chi connectivity index (χ2n) is 4.55. The van der Waals surface area contributed by atoms with Crippen LogP contribution in [0.2, 0.25) is 0 Å². The summed E-state index contributed by atoms with van der Waals surface area (Å²) in [6.07, 6.45) is 5.83. The van der Waals surface area contributed by atoms with Gasteiger partial charge in [-0.2, -0.15) is 0 Å². The van der Waals surface area contributed by atoms with Crippen molar-refractivity contribution in [2.45, 2.75) is 56.9 Å². The van der Waals surface area contributed by atoms with Gasteiger partial charge >= 0.3 is 0 Å². The largest absolute Gasteiger partial charge is 0.328 e. The van der Waals surface area contributed by atoms with E-state index in [2.05, 4.69) is 38.1 Å². The van der Waals surface area contributed by atoms with Crippen LogP contribution >= 0.6 is 11.8 Å². The van der Waals surface area contributed by atoms with Crippen molar-refractivity contribution >= 4 is 11.8 Å². The van der Waals surface area contributed by atoms with Crippen molar-refractivity contribution in [1.29, 1.82) is 0 Å². The summed E-state index contributed by atoms with van der Waals surface area (Å²) in [5, 5.41) is 0. The summed E-state index contributed by atoms with van der Waals surface area (Å²) in [7, 11) is 0. The minimum absolute atomic E-state index is 0.384. The standard InChI is InChI=1S/C15H25NS/c1-3-12-17-15-10-8-13(9-11-15)6-5-7-14(16)4-2/h8-11,14H,3-7,12,16H2,1-2H3. The van der Waals surface area contributed by atoms with Gasteiger partial charge in [0.15, 0.2) is 0 Å². The maximum atomic E-state index is 5.91. The molecule has 0 aliphatic rings. The highest BCUT2D eigenvalue weighted by Gasteiger charge is 2.00. The summed E-state index contributed by atoms with van der Waals surface area (Å²) in [5.74, 6) is 1.21. The first-order valence-electron chi connectivity index (χ1n) is 6.73. The lowest BCUT2D eigenvalue weighted by Gasteiger charge is -2.08. The zero-order chi connectivity index (χ0) is 12.5. The van der Waals surface area contributed by atoms with Crippen LogP contribution in [0.25, 0.3) is 0 Å². The monoisotopic (exact) mass is 251 g/mol. The van der Waals surface area contributed by atoms with Crippen LogP contribution in [0.5, 0.6) is 0 Å². The molecule has 0 aliphatic carbocycles. The summed E-state index contributed by atoms with van der Waals surface area (Å²) in [6.45, 7) is 4.38. The fraction of sp³-hybridized carbons (Fsp3) is 0.600. The van der Waals surface area contributed by atoms with Crippen molar-refractivity contribution in [1.82, 2.24) is 0 Å². The molecule has 0 spiro atoms. The summed E-state index contributed by atoms with van der Waals surface area (Å²) in [4.78, 5) is 1.39. The molecule has 0 heterocycles. The van der Waals surface area contributed by atoms with Crippen molar-refractivity contribution in [3.63, 3.8) is 0 Å². The quantitative estimate of drug-likeness (QED) is 0.699. The zero-order valence-electron chi connectivity index (χ0n) is 11.1. The number of nitrogens with two attached hydrogens (primary N) is 1. The molecule has 1 rings (SSSR count). The van der Waals surface area contributed by atoms with Gasteiger partial charge in [-0.1, -0.05) is 26.0 Å². The number of aryl methyl sites for hydroxylation is 1. The first-order valence-corrected chi connectivity index (χ1v) is 7.72. The van der Waals surface area contributed by atoms with E-state index in [0.717, 1.165) is 19.3 Å². The van der Waals surface area contributed by atoms with Gasteiger partial charge in [-0.05, 0) is 55.6 Å². The fourth-order valence-electron chi connectivity index (χ4n) is 1.74. The Bertz CT molecular complexity index is 294. The van der Waals surface area contributed by atoms with E-state index in [-0.39, 0.29) is 0 Å². The van der Waals surface area contributed by atoms with Gasteiger partial charge in [0.25, 0.3) is 0 Å². The fourth-order valence-corrected chi connectivity index (χ4v) is 2.51. The molecule has 0 radical (unpaired) electrons. The predicted molar refractivity (Wildman–Crippen MR) is 78.7 cm³/mol. The lowest BCUT2D eigenvalue weighted by molar-refractivity contribution is 0.568. The number of benzene rings is 1. The van der Waals surface area contributed by atoms with E-state index in [4.69, 9.17) is 5.73 Å². The van der Waals surface area contributed by atoms with E-state index in [1.807, 2.05) is 11.8 Å². The lowest BCUT2D eigenvalue weighted by Crippen LogP contribution is -2.18. The molecule has 0 bridgehead atoms. The van der Waals surface area contributed by atoms with E-state index in [9.17, 15) is 0 Å². The average molecular weight is 251 g/mol. The Morgan fingerprint density at radius 1 is 1.18 bits per heavy atom. The van der Waals surface area contributed by atoms with Crippen LogP contribution in [-0.4, -0.2) is 11.8 Å². The van der Waals surface area contributed by atoms with Gasteiger partial charge in [-0.3, -0.25) is 0 Å². The Morgan fingerprint density at radius 2 is 1.88 bits per heavy atom. The zero-order valence-corrected chi connectivity index (χ0v) is 11.9. The molecule has 0 saturated carbocycles. The number of hydrogen-bond acceptors (Lipinski definition) is 2. The number of thioether (sulfide) groups is 1. The maximum Gasteiger partial charge on any atom is 0.00721 e. The van der Waals surface area contributed by atoms with Crippen molar-refractivity contribution in [3.8, 4) is 0 Å². The molecule has 0 aromatic heterocycles. The molecule has 2 N–H and O–H groups in total. The van der Waals surface area contributed by atoms with E-state index >= 15 is 0 Å². The lowest BCUT2D eigenvalue weighted by atomic mass is 10.0. The maximum absolute atomic E-state index is 5.91. The van der Waals surface area contributed by atoms with Gasteiger partial charge in [0.1, 0.15) is 0 Å². The molecular formula is C15H25NS. The summed E-state index contributed by atoms with van der Waals surface area (Å²) >= 11 is 1.94. The van der Waals surface area contributed by atoms with E-state index in [1.165, 1.54) is 29.1 Å². The third-order valence-electron chi connectivity index (χ3n) is 2.96. The minimum Gasteiger partial charge on any atom is -0.328 e. The molecular weight excluding hydrogens is 226 g/mol. The van der Waals surface area contributed by atoms with Gasteiger partial charge < -0.3 is 5.73 Å². The molecule has 0 aliphatic heterocycles. The first-order chi connectivity index (χ1) is 8.26. The Morgan fingerprint density at radius 3 is 2.47 bits per heavy atom. The van der Waals surface area contributed by atoms with Gasteiger partial charge in [0.05, 0.1) is 0 Å². The molecule has 1 unspecified atom stereocenters. The van der Waals surface area contributed by atoms with Crippen LogP contribution < -0.4 is 5.73 Å². The Balaban J connectivity index is 2.30. The number of rotatable bonds is 8. The van der Waals surface area contributed by atoms with Crippen LogP contribution in [0.4, 0.5) is 0 Å². The SMILES string of the molecule is CCCSc1ccc(CCCC(N)CC)cc1. The molecule has 1 aromatic rings. The third-order valence-corrected chi connectivity index (χ3v) is 4.18. The highest BCUT2D eigenvalue weighted by molar-refractivity contribution is 7.99. The van der Waals surface area contributed by atoms with E-state index < -0.39 is 0 Å². The third kappa shape index (κ3) is 6.13. The number of hydrogen-bond donors (Lipinski definition) is 1. The highest BCUT2D eigenvalue weighted by Crippen LogP contribution is 2.19. The normalized spacial score (nSPS) is 12.6. The highest BCUT2D eigenvalue weighted by atomic mass is 32.2. The molecule has 0 fully saturated rings. The van der Waals surface area contributed by atoms with Crippen LogP contribution in [0.15, 0.2) is 29.2 Å². The van der Waals surface area contributed by atoms with E-state index in [0.29, 0.717) is 6.04 Å². The Hall–Kier alpha value is -0.470. The second kappa shape index (κ2) is 8.60. The average Bonchev–Trinajstić information content (AvgIpc) is 2.37. The van der Waals surface area contributed by atoms with Crippen molar-refractivity contribution < 1.29 is 0 Å². The van der Waals surface area contributed by atoms with Crippen molar-refractivity contribution in [2.75, 3.05) is 5.75 Å². The van der Waals surface area contributed by atoms with Crippen molar-refractivity contribution in [2.24, 2.45) is 5.73 Å². The molecule has 1 nitrogen and oxygen atoms in total. The predicted octanol–water partition coefficient (Wildman–Crippen LogP) is 4.25. The topological polar surface area (TPSA) is 26.0 Å². The minimum atomic E-state index is 0.384. The molecule has 96 valence electrons. The van der Waals surface area contributed by atoms with Crippen LogP contribution in [-0.2, 0) is 6.42 Å². The van der Waals surface area contributed by atoms with Gasteiger partial charge in [0, 0.05) is 10.9 Å². The molecule has 1 aromatic carbocycles. The summed E-state index contributed by atoms with van der Waals surface area (Å²) < 4.78 is 0. The van der Waals surface area contributed by atoms with Gasteiger partial charge in [-0.15, -0.1) is 11.8 Å². The van der Waals surface area contributed by atoms with Crippen LogP contribution in [0.3, 0.4) is 0 Å². The smallest absolute Gasteiger partial charge is 0.00721 e. The van der Waals surface area contributed by atoms with Crippen LogP contribution in [0.1, 0.15) is 45.1 Å². The molecule has 1 atom stereocenters. The molecule has 17 heavy (non-hydrogen) atoms. The Kier molecular flexibility index (Phi) is 7.38.